The molecule has 1 N–H and O–H groups in total. The largest absolute Gasteiger partial charge is 0.451 e. The highest BCUT2D eigenvalue weighted by Crippen LogP contribution is 2.29. The van der Waals surface area contributed by atoms with Gasteiger partial charge in [-0.1, -0.05) is 43.3 Å². The smallest absolute Gasteiger partial charge is 0.287 e. The number of carbonyl (C=O) groups is 1. The van der Waals surface area contributed by atoms with E-state index in [1.54, 1.807) is 0 Å². The van der Waals surface area contributed by atoms with Crippen LogP contribution < -0.4 is 5.32 Å². The molecule has 0 radical (unpaired) electrons. The number of nitrogens with one attached hydrogen (secondary N) is 1. The lowest BCUT2D eigenvalue weighted by Crippen LogP contribution is -2.57. The Morgan fingerprint density at radius 1 is 1.07 bits per heavy atom. The monoisotopic (exact) mass is 374 g/mol. The van der Waals surface area contributed by atoms with Crippen LogP contribution in [0.2, 0.25) is 0 Å². The van der Waals surface area contributed by atoms with Crippen LogP contribution in [0.25, 0.3) is 22.1 Å². The van der Waals surface area contributed by atoms with E-state index in [1.165, 1.54) is 31.5 Å². The number of piperidine rings is 3. The van der Waals surface area contributed by atoms with Crippen molar-refractivity contribution in [2.75, 3.05) is 19.6 Å². The van der Waals surface area contributed by atoms with Gasteiger partial charge < -0.3 is 14.6 Å². The van der Waals surface area contributed by atoms with Crippen LogP contribution in [0.4, 0.5) is 0 Å². The minimum Gasteiger partial charge on any atom is -0.451 e. The summed E-state index contributed by atoms with van der Waals surface area (Å²) in [6.45, 7) is 5.47. The summed E-state index contributed by atoms with van der Waals surface area (Å²) in [5.74, 6) is 0.921. The molecule has 0 unspecified atom stereocenters. The van der Waals surface area contributed by atoms with Crippen LogP contribution in [0.3, 0.4) is 0 Å². The van der Waals surface area contributed by atoms with Crippen molar-refractivity contribution in [3.8, 4) is 11.1 Å². The number of rotatable bonds is 4. The zero-order valence-corrected chi connectivity index (χ0v) is 16.3. The normalized spacial score (nSPS) is 23.8. The van der Waals surface area contributed by atoms with E-state index in [0.717, 1.165) is 35.1 Å². The van der Waals surface area contributed by atoms with Gasteiger partial charge >= 0.3 is 0 Å². The summed E-state index contributed by atoms with van der Waals surface area (Å²) in [7, 11) is 0. The molecule has 6 rings (SSSR count). The van der Waals surface area contributed by atoms with Crippen molar-refractivity contribution >= 4 is 16.9 Å². The standard InChI is InChI=1S/C24H26N2O2/c1-2-16-3-5-17(6-4-16)19-7-8-20-14-23(28-22(20)13-19)24(27)25-21-15-26-11-9-18(21)10-12-26/h3-8,13-14,18,21H,2,9-12,15H2,1H3,(H,25,27)/t21-/m0/s1. The van der Waals surface area contributed by atoms with Crippen molar-refractivity contribution in [1.82, 2.24) is 10.2 Å². The van der Waals surface area contributed by atoms with Gasteiger partial charge in [-0.15, -0.1) is 0 Å². The molecular weight excluding hydrogens is 348 g/mol. The Bertz CT molecular complexity index is 997. The molecular formula is C24H26N2O2. The average molecular weight is 374 g/mol. The predicted octanol–water partition coefficient (Wildman–Crippen LogP) is 4.49. The van der Waals surface area contributed by atoms with Gasteiger partial charge in [0.15, 0.2) is 5.76 Å². The zero-order valence-electron chi connectivity index (χ0n) is 16.3. The summed E-state index contributed by atoms with van der Waals surface area (Å²) in [5.41, 5.74) is 4.35. The van der Waals surface area contributed by atoms with Gasteiger partial charge in [0.25, 0.3) is 5.91 Å². The Morgan fingerprint density at radius 2 is 1.82 bits per heavy atom. The van der Waals surface area contributed by atoms with Gasteiger partial charge in [0.1, 0.15) is 5.58 Å². The predicted molar refractivity (Wildman–Crippen MR) is 111 cm³/mol. The van der Waals surface area contributed by atoms with Crippen LogP contribution in [0.1, 0.15) is 35.9 Å². The van der Waals surface area contributed by atoms with Crippen molar-refractivity contribution in [3.05, 3.63) is 59.9 Å². The molecule has 2 bridgehead atoms. The summed E-state index contributed by atoms with van der Waals surface area (Å²) in [4.78, 5) is 15.2. The first-order valence-electron chi connectivity index (χ1n) is 10.4. The molecule has 3 aliphatic heterocycles. The summed E-state index contributed by atoms with van der Waals surface area (Å²) in [6.07, 6.45) is 3.41. The van der Waals surface area contributed by atoms with Crippen molar-refractivity contribution < 1.29 is 9.21 Å². The number of carbonyl (C=O) groups excluding carboxylic acids is 1. The summed E-state index contributed by atoms with van der Waals surface area (Å²) in [5, 5.41) is 4.18. The maximum atomic E-state index is 12.8. The van der Waals surface area contributed by atoms with E-state index >= 15 is 0 Å². The number of benzene rings is 2. The number of nitrogens with zero attached hydrogens (tertiary/aromatic N) is 1. The molecule has 3 aromatic rings. The summed E-state index contributed by atoms with van der Waals surface area (Å²) >= 11 is 0. The molecule has 1 atom stereocenters. The van der Waals surface area contributed by atoms with Gasteiger partial charge in [0.05, 0.1) is 0 Å². The van der Waals surface area contributed by atoms with Crippen LogP contribution in [0.5, 0.6) is 0 Å². The van der Waals surface area contributed by atoms with Gasteiger partial charge in [-0.25, -0.2) is 0 Å². The average Bonchev–Trinajstić information content (AvgIpc) is 3.18. The first kappa shape index (κ1) is 17.5. The number of fused-ring (bicyclic) bond motifs is 4. The van der Waals surface area contributed by atoms with Crippen LogP contribution in [0.15, 0.2) is 52.9 Å². The summed E-state index contributed by atoms with van der Waals surface area (Å²) < 4.78 is 5.93. The minimum absolute atomic E-state index is 0.0937. The van der Waals surface area contributed by atoms with Crippen LogP contribution in [-0.4, -0.2) is 36.5 Å². The number of furan rings is 1. The number of amides is 1. The van der Waals surface area contributed by atoms with E-state index < -0.39 is 0 Å². The fraction of sp³-hybridized carbons (Fsp3) is 0.375. The molecule has 0 aliphatic carbocycles. The van der Waals surface area contributed by atoms with Crippen LogP contribution in [-0.2, 0) is 6.42 Å². The van der Waals surface area contributed by atoms with Crippen LogP contribution in [0, 0.1) is 5.92 Å². The Hall–Kier alpha value is -2.59. The third-order valence-electron chi connectivity index (χ3n) is 6.41. The van der Waals surface area contributed by atoms with E-state index in [9.17, 15) is 4.79 Å². The van der Waals surface area contributed by atoms with E-state index in [4.69, 9.17) is 4.42 Å². The molecule has 1 aromatic heterocycles. The topological polar surface area (TPSA) is 45.5 Å². The van der Waals surface area contributed by atoms with Gasteiger partial charge in [-0.3, -0.25) is 4.79 Å². The van der Waals surface area contributed by atoms with E-state index in [2.05, 4.69) is 47.5 Å². The van der Waals surface area contributed by atoms with Gasteiger partial charge in [0, 0.05) is 18.0 Å². The Morgan fingerprint density at radius 3 is 2.50 bits per heavy atom. The fourth-order valence-corrected chi connectivity index (χ4v) is 4.62. The van der Waals surface area contributed by atoms with Crippen molar-refractivity contribution in [3.63, 3.8) is 0 Å². The molecule has 144 valence electrons. The lowest BCUT2D eigenvalue weighted by atomic mass is 9.84. The molecule has 3 saturated heterocycles. The number of hydrogen-bond acceptors (Lipinski definition) is 3. The highest BCUT2D eigenvalue weighted by atomic mass is 16.3. The van der Waals surface area contributed by atoms with Crippen molar-refractivity contribution in [2.45, 2.75) is 32.2 Å². The summed E-state index contributed by atoms with van der Waals surface area (Å²) in [6, 6.07) is 16.9. The SMILES string of the molecule is CCc1ccc(-c2ccc3cc(C(=O)N[C@H]4CN5CCC4CC5)oc3c2)cc1. The third-order valence-corrected chi connectivity index (χ3v) is 6.41. The maximum absolute atomic E-state index is 12.8. The number of aryl methyl sites for hydroxylation is 1. The second-order valence-electron chi connectivity index (χ2n) is 8.13. The number of hydrogen-bond donors (Lipinski definition) is 1. The molecule has 3 aliphatic rings. The molecule has 3 fully saturated rings. The first-order valence-corrected chi connectivity index (χ1v) is 10.4. The molecule has 4 heteroatoms. The van der Waals surface area contributed by atoms with E-state index in [1.807, 2.05) is 18.2 Å². The molecule has 28 heavy (non-hydrogen) atoms. The molecule has 4 nitrogen and oxygen atoms in total. The third kappa shape index (κ3) is 3.22. The molecule has 1 amide bonds. The molecule has 0 saturated carbocycles. The molecule has 0 spiro atoms. The Kier molecular flexibility index (Phi) is 4.44. The molecule has 4 heterocycles. The van der Waals surface area contributed by atoms with Gasteiger partial charge in [0.2, 0.25) is 0 Å². The fourth-order valence-electron chi connectivity index (χ4n) is 4.62. The van der Waals surface area contributed by atoms with Crippen molar-refractivity contribution in [1.29, 1.82) is 0 Å². The lowest BCUT2D eigenvalue weighted by molar-refractivity contribution is 0.0607. The van der Waals surface area contributed by atoms with Crippen molar-refractivity contribution in [2.24, 2.45) is 5.92 Å². The van der Waals surface area contributed by atoms with Gasteiger partial charge in [-0.05, 0) is 67.1 Å². The zero-order chi connectivity index (χ0) is 19.1. The van der Waals surface area contributed by atoms with Gasteiger partial charge in [-0.2, -0.15) is 0 Å². The highest BCUT2D eigenvalue weighted by Gasteiger charge is 2.35. The Labute approximate surface area is 165 Å². The highest BCUT2D eigenvalue weighted by molar-refractivity contribution is 5.97. The lowest BCUT2D eigenvalue weighted by Gasteiger charge is -2.44. The quantitative estimate of drug-likeness (QED) is 0.732. The second-order valence-corrected chi connectivity index (χ2v) is 8.13. The Balaban J connectivity index is 1.36. The van der Waals surface area contributed by atoms with Crippen LogP contribution >= 0.6 is 0 Å². The molecule has 2 aromatic carbocycles. The van der Waals surface area contributed by atoms with E-state index in [0.29, 0.717) is 11.7 Å². The maximum Gasteiger partial charge on any atom is 0.287 e. The second kappa shape index (κ2) is 7.10. The first-order chi connectivity index (χ1) is 13.7. The van der Waals surface area contributed by atoms with E-state index in [-0.39, 0.29) is 11.9 Å². The minimum atomic E-state index is -0.0937.